The zero-order valence-corrected chi connectivity index (χ0v) is 25.2. The topological polar surface area (TPSA) is 97.5 Å². The van der Waals surface area contributed by atoms with E-state index >= 15 is 0 Å². The average molecular weight is 596 g/mol. The van der Waals surface area contributed by atoms with Crippen LogP contribution in [0.3, 0.4) is 0 Å². The molecule has 10 heteroatoms. The van der Waals surface area contributed by atoms with Crippen LogP contribution in [0.25, 0.3) is 28.3 Å². The third-order valence-corrected chi connectivity index (χ3v) is 8.79. The highest BCUT2D eigenvalue weighted by Gasteiger charge is 2.19. The zero-order chi connectivity index (χ0) is 29.2. The molecule has 3 heterocycles. The molecular weight excluding hydrogens is 558 g/mol. The highest BCUT2D eigenvalue weighted by atomic mass is 35.5. The molecule has 0 amide bonds. The van der Waals surface area contributed by atoms with Gasteiger partial charge in [0.05, 0.1) is 11.4 Å². The van der Waals surface area contributed by atoms with Crippen molar-refractivity contribution in [3.63, 3.8) is 0 Å². The lowest BCUT2D eigenvalue weighted by Gasteiger charge is -2.15. The summed E-state index contributed by atoms with van der Waals surface area (Å²) in [6.45, 7) is 4.88. The van der Waals surface area contributed by atoms with Crippen LogP contribution < -0.4 is 16.2 Å². The van der Waals surface area contributed by atoms with E-state index in [1.54, 1.807) is 28.8 Å². The Morgan fingerprint density at radius 3 is 2.44 bits per heavy atom. The smallest absolute Gasteiger partial charge is 0.259 e. The number of rotatable bonds is 11. The third-order valence-electron chi connectivity index (χ3n) is 7.07. The van der Waals surface area contributed by atoms with E-state index in [1.807, 2.05) is 43.4 Å². The second-order valence-electron chi connectivity index (χ2n) is 10.1. The summed E-state index contributed by atoms with van der Waals surface area (Å²) in [5.74, 6) is 2.35. The number of benzene rings is 2. The number of aryl methyl sites for hydroxylation is 1. The molecule has 5 rings (SSSR count). The first kappa shape index (κ1) is 30.8. The summed E-state index contributed by atoms with van der Waals surface area (Å²) in [6.07, 6.45) is 6.84. The van der Waals surface area contributed by atoms with E-state index in [9.17, 15) is 13.8 Å². The van der Waals surface area contributed by atoms with Crippen LogP contribution in [0.1, 0.15) is 43.0 Å². The number of aldehydes is 1. The first-order valence-electron chi connectivity index (χ1n) is 14.1. The van der Waals surface area contributed by atoms with Crippen LogP contribution in [-0.2, 0) is 17.3 Å². The summed E-state index contributed by atoms with van der Waals surface area (Å²) in [6, 6.07) is 16.8. The molecule has 1 saturated heterocycles. The minimum absolute atomic E-state index is 0.140. The van der Waals surface area contributed by atoms with Gasteiger partial charge < -0.3 is 15.2 Å². The monoisotopic (exact) mass is 595 g/mol. The maximum atomic E-state index is 12.9. The second-order valence-corrected chi connectivity index (χ2v) is 12.2. The van der Waals surface area contributed by atoms with Gasteiger partial charge in [-0.25, -0.2) is 4.98 Å². The summed E-state index contributed by atoms with van der Waals surface area (Å²) in [5.41, 5.74) is 3.77. The number of imidazole rings is 1. The Kier molecular flexibility index (Phi) is 11.4. The van der Waals surface area contributed by atoms with Gasteiger partial charge in [-0.2, -0.15) is 0 Å². The Morgan fingerprint density at radius 1 is 1.07 bits per heavy atom. The van der Waals surface area contributed by atoms with Gasteiger partial charge in [0.1, 0.15) is 6.29 Å². The zero-order valence-electron chi connectivity index (χ0n) is 23.6. The Balaban J connectivity index is 0.000000296. The predicted octanol–water partition coefficient (Wildman–Crippen LogP) is 4.80. The molecule has 2 N–H and O–H groups in total. The average Bonchev–Trinajstić information content (AvgIpc) is 3.62. The molecular formula is C31H38ClN5O3S. The van der Waals surface area contributed by atoms with E-state index < -0.39 is 10.8 Å². The van der Waals surface area contributed by atoms with Crippen LogP contribution in [0.4, 0.5) is 0 Å². The number of carbonyl (C=O) groups is 1. The standard InChI is InChI=1S/C24H22ClN3O2.C7H16N2OS/c1-2-3-4-13-27-22(19-7-5-17(16-29)6-8-19)14-23(30)28-15-21(26-24(27)28)18-9-11-20(25)12-10-18;1-8-3-4-9-7-2-5-11(10)6-7/h5-12,14-16H,2-4,13H2,1H3;7-9H,2-6H2,1H3. The summed E-state index contributed by atoms with van der Waals surface area (Å²) in [5, 5.41) is 7.08. The van der Waals surface area contributed by atoms with Crippen molar-refractivity contribution in [1.82, 2.24) is 24.6 Å². The van der Waals surface area contributed by atoms with Crippen molar-refractivity contribution in [3.8, 4) is 22.5 Å². The maximum absolute atomic E-state index is 12.9. The van der Waals surface area contributed by atoms with E-state index in [-0.39, 0.29) is 5.56 Å². The molecule has 0 radical (unpaired) electrons. The minimum atomic E-state index is -0.541. The highest BCUT2D eigenvalue weighted by molar-refractivity contribution is 7.85. The van der Waals surface area contributed by atoms with Gasteiger partial charge in [0, 0.05) is 76.4 Å². The third kappa shape index (κ3) is 8.23. The van der Waals surface area contributed by atoms with Gasteiger partial charge in [0.2, 0.25) is 5.78 Å². The molecule has 2 aromatic heterocycles. The Labute approximate surface area is 248 Å². The lowest BCUT2D eigenvalue weighted by molar-refractivity contribution is 0.112. The van der Waals surface area contributed by atoms with Crippen LogP contribution in [0.15, 0.2) is 65.6 Å². The van der Waals surface area contributed by atoms with Gasteiger partial charge >= 0.3 is 0 Å². The number of hydrogen-bond acceptors (Lipinski definition) is 6. The molecule has 0 bridgehead atoms. The van der Waals surface area contributed by atoms with Crippen molar-refractivity contribution >= 4 is 34.5 Å². The van der Waals surface area contributed by atoms with Crippen molar-refractivity contribution in [2.75, 3.05) is 31.6 Å². The lowest BCUT2D eigenvalue weighted by Crippen LogP contribution is -2.34. The summed E-state index contributed by atoms with van der Waals surface area (Å²) >= 11 is 6.01. The number of nitrogens with zero attached hydrogens (tertiary/aromatic N) is 3. The summed E-state index contributed by atoms with van der Waals surface area (Å²) in [7, 11) is 1.40. The Bertz CT molecular complexity index is 1520. The van der Waals surface area contributed by atoms with E-state index in [1.165, 1.54) is 0 Å². The molecule has 0 saturated carbocycles. The fourth-order valence-corrected chi connectivity index (χ4v) is 6.37. The largest absolute Gasteiger partial charge is 0.318 e. The number of likely N-dealkylation sites (N-methyl/N-ethyl adjacent to an activating group) is 1. The van der Waals surface area contributed by atoms with E-state index in [0.717, 1.165) is 85.6 Å². The molecule has 2 aromatic carbocycles. The number of hydrogen-bond donors (Lipinski definition) is 2. The van der Waals surface area contributed by atoms with Gasteiger partial charge in [0.25, 0.3) is 5.56 Å². The van der Waals surface area contributed by atoms with E-state index in [4.69, 9.17) is 16.6 Å². The van der Waals surface area contributed by atoms with Gasteiger partial charge in [-0.1, -0.05) is 67.8 Å². The molecule has 2 unspecified atom stereocenters. The SMILES string of the molecule is CCCCCn1c(-c2ccc(C=O)cc2)cc(=O)n2cc(-c3ccc(Cl)cc3)nc12.CNCCNC1CCS(=O)C1. The van der Waals surface area contributed by atoms with Crippen molar-refractivity contribution < 1.29 is 9.00 Å². The Morgan fingerprint density at radius 2 is 1.80 bits per heavy atom. The molecule has 1 aliphatic rings. The van der Waals surface area contributed by atoms with Crippen LogP contribution in [0, 0.1) is 0 Å². The van der Waals surface area contributed by atoms with Gasteiger partial charge in [0.15, 0.2) is 0 Å². The molecule has 0 aliphatic carbocycles. The van der Waals surface area contributed by atoms with Crippen molar-refractivity contribution in [2.45, 2.75) is 45.2 Å². The fourth-order valence-electron chi connectivity index (χ4n) is 4.79. The number of unbranched alkanes of at least 4 members (excludes halogenated alkanes) is 2. The van der Waals surface area contributed by atoms with E-state index in [0.29, 0.717) is 22.4 Å². The molecule has 0 spiro atoms. The van der Waals surface area contributed by atoms with Crippen molar-refractivity contribution in [3.05, 3.63) is 81.7 Å². The van der Waals surface area contributed by atoms with Gasteiger partial charge in [-0.05, 0) is 37.6 Å². The van der Waals surface area contributed by atoms with Crippen LogP contribution in [-0.4, -0.2) is 62.1 Å². The summed E-state index contributed by atoms with van der Waals surface area (Å²) < 4.78 is 14.6. The number of fused-ring (bicyclic) bond motifs is 1. The molecule has 218 valence electrons. The highest BCUT2D eigenvalue weighted by Crippen LogP contribution is 2.25. The molecule has 4 aromatic rings. The van der Waals surface area contributed by atoms with Gasteiger partial charge in [-0.3, -0.25) is 18.2 Å². The van der Waals surface area contributed by atoms with Crippen LogP contribution >= 0.6 is 11.6 Å². The first-order chi connectivity index (χ1) is 19.9. The number of carbonyl (C=O) groups excluding carboxylic acids is 1. The molecule has 1 aliphatic heterocycles. The summed E-state index contributed by atoms with van der Waals surface area (Å²) in [4.78, 5) is 28.7. The first-order valence-corrected chi connectivity index (χ1v) is 16.0. The number of aromatic nitrogens is 3. The van der Waals surface area contributed by atoms with Crippen LogP contribution in [0.2, 0.25) is 5.02 Å². The molecule has 41 heavy (non-hydrogen) atoms. The fraction of sp³-hybridized carbons (Fsp3) is 0.387. The molecule has 8 nitrogen and oxygen atoms in total. The molecule has 1 fully saturated rings. The van der Waals surface area contributed by atoms with Crippen molar-refractivity contribution in [1.29, 1.82) is 0 Å². The van der Waals surface area contributed by atoms with Crippen LogP contribution in [0.5, 0.6) is 0 Å². The number of nitrogens with one attached hydrogen (secondary N) is 2. The normalized spacial score (nSPS) is 16.5. The van der Waals surface area contributed by atoms with Gasteiger partial charge in [-0.15, -0.1) is 0 Å². The predicted molar refractivity (Wildman–Crippen MR) is 168 cm³/mol. The number of halogens is 1. The van der Waals surface area contributed by atoms with E-state index in [2.05, 4.69) is 22.1 Å². The Hall–Kier alpha value is -3.11. The lowest BCUT2D eigenvalue weighted by atomic mass is 10.1. The maximum Gasteiger partial charge on any atom is 0.259 e. The van der Waals surface area contributed by atoms with Crippen molar-refractivity contribution in [2.24, 2.45) is 0 Å². The molecule has 2 atom stereocenters. The minimum Gasteiger partial charge on any atom is -0.318 e. The quantitative estimate of drug-likeness (QED) is 0.191. The second kappa shape index (κ2) is 15.2.